The van der Waals surface area contributed by atoms with Crippen molar-refractivity contribution in [3.8, 4) is 176 Å². The second-order valence-corrected chi connectivity index (χ2v) is 37.0. The summed E-state index contributed by atoms with van der Waals surface area (Å²) in [6.07, 6.45) is 0. The lowest BCUT2D eigenvalue weighted by molar-refractivity contribution is 1.08. The largest absolute Gasteiger partial charge is 0.237 e. The number of nitriles is 1. The first kappa shape index (κ1) is 84.6. The molecule has 0 fully saturated rings. The third kappa shape index (κ3) is 16.2. The molecule has 0 bridgehead atoms. The zero-order chi connectivity index (χ0) is 93.4. The number of hydrogen-bond acceptors (Lipinski definition) is 20. The average Bonchev–Trinajstić information content (AvgIpc) is 1.60. The summed E-state index contributed by atoms with van der Waals surface area (Å²) in [7, 11) is 0. The van der Waals surface area contributed by atoms with Gasteiger partial charge >= 0.3 is 0 Å². The van der Waals surface area contributed by atoms with Crippen LogP contribution in [0.5, 0.6) is 0 Å². The molecule has 16 aromatic carbocycles. The van der Waals surface area contributed by atoms with Crippen molar-refractivity contribution in [3.05, 3.63) is 436 Å². The highest BCUT2D eigenvalue weighted by molar-refractivity contribution is 7.28. The molecule has 10 heterocycles. The maximum atomic E-state index is 10.00. The van der Waals surface area contributed by atoms with Crippen LogP contribution in [0.2, 0.25) is 0 Å². The van der Waals surface area contributed by atoms with Gasteiger partial charge in [0.05, 0.1) is 65.9 Å². The summed E-state index contributed by atoms with van der Waals surface area (Å²) < 4.78 is 8.38. The normalized spacial score (nSPS) is 11.3. The lowest BCUT2D eigenvalue weighted by Crippen LogP contribution is -2.00. The molecule has 0 aliphatic carbocycles. The number of aromatic nitrogens is 15. The first-order valence-corrected chi connectivity index (χ1v) is 48.4. The lowest BCUT2D eigenvalue weighted by Gasteiger charge is -2.09. The van der Waals surface area contributed by atoms with Crippen molar-refractivity contribution < 1.29 is 0 Å². The monoisotopic (exact) mass is 1860 g/mol. The molecule has 0 N–H and O–H groups in total. The van der Waals surface area contributed by atoms with E-state index in [4.69, 9.17) is 81.3 Å². The predicted molar refractivity (Wildman–Crippen MR) is 570 cm³/mol. The van der Waals surface area contributed by atoms with Gasteiger partial charge in [-0.05, 0) is 36.4 Å². The Morgan fingerprint density at radius 3 is 0.793 bits per heavy atom. The standard InChI is InChI=1S/C43H25N5S2.2C38H22N6S/c1-4-14-26(15-5-1)35-39-36(45-40(44-35)27-16-6-2-7-17-27)31-22-13-24-33(38(31)50-39)43-47-41(28-18-8-3-9-19-28)46-42(48-43)32-23-12-21-30-29-20-10-11-25-34(29)49-37(30)32;1-39-30-23-12-11-20-27(30)37-40-31(24-14-5-2-6-15-24)34-32(41-37)28-21-13-22-29(33(28)45-34)38-43-35(25-16-7-3-8-17-25)42-36(44-38)26-18-9-4-10-19-26;39-23-27-19-10-11-20-28(27)31-34-32(41-35(40-31)24-13-4-1-5-14-24)29-21-12-22-30(33(29)45-34)38-43-36(25-15-6-2-7-16-25)42-37(44-38)26-17-8-3-9-18-26/h1-25H;2-23H;1-22H. The van der Waals surface area contributed by atoms with E-state index < -0.39 is 0 Å². The molecule has 10 aromatic heterocycles. The summed E-state index contributed by atoms with van der Waals surface area (Å²) in [5.41, 5.74) is 19.9. The van der Waals surface area contributed by atoms with E-state index in [1.807, 2.05) is 273 Å². The maximum Gasteiger partial charge on any atom is 0.198 e. The Bertz CT molecular complexity index is 9210. The van der Waals surface area contributed by atoms with Gasteiger partial charge in [0.1, 0.15) is 5.82 Å². The molecule has 0 unspecified atom stereocenters. The molecule has 21 heteroatoms. The number of nitrogens with zero attached hydrogens (tertiary/aromatic N) is 17. The minimum absolute atomic E-state index is 0.517. The van der Waals surface area contributed by atoms with E-state index in [2.05, 4.69) is 150 Å². The first-order valence-electron chi connectivity index (χ1n) is 45.2. The van der Waals surface area contributed by atoms with Crippen LogP contribution in [0.1, 0.15) is 5.56 Å². The fourth-order valence-electron chi connectivity index (χ4n) is 17.5. The van der Waals surface area contributed by atoms with Gasteiger partial charge in [0.2, 0.25) is 0 Å². The van der Waals surface area contributed by atoms with Crippen molar-refractivity contribution in [3.63, 3.8) is 0 Å². The minimum atomic E-state index is 0.517. The van der Waals surface area contributed by atoms with Crippen LogP contribution in [-0.4, -0.2) is 74.8 Å². The van der Waals surface area contributed by atoms with Crippen molar-refractivity contribution in [1.82, 2.24) is 74.8 Å². The van der Waals surface area contributed by atoms with E-state index in [0.29, 0.717) is 86.7 Å². The van der Waals surface area contributed by atoms with Crippen molar-refractivity contribution in [2.45, 2.75) is 0 Å². The summed E-state index contributed by atoms with van der Waals surface area (Å²) in [6.45, 7) is 7.75. The molecule has 140 heavy (non-hydrogen) atoms. The second-order valence-electron chi connectivity index (χ2n) is 32.9. The molecule has 0 saturated carbocycles. The highest BCUT2D eigenvalue weighted by Crippen LogP contribution is 2.50. The highest BCUT2D eigenvalue weighted by Gasteiger charge is 2.28. The Morgan fingerprint density at radius 2 is 0.429 bits per heavy atom. The second kappa shape index (κ2) is 37.1. The highest BCUT2D eigenvalue weighted by atomic mass is 32.1. The topological polar surface area (TPSA) is 221 Å². The third-order valence-electron chi connectivity index (χ3n) is 24.2. The fourth-order valence-corrected chi connectivity index (χ4v) is 22.5. The molecular weight excluding hydrogens is 1800 g/mol. The van der Waals surface area contributed by atoms with Crippen LogP contribution in [-0.2, 0) is 0 Å². The van der Waals surface area contributed by atoms with E-state index in [1.165, 1.54) is 20.2 Å². The van der Waals surface area contributed by atoms with Crippen molar-refractivity contribution in [2.75, 3.05) is 0 Å². The number of rotatable bonds is 15. The quantitative estimate of drug-likeness (QED) is 0.0871. The number of fused-ring (bicyclic) bond motifs is 12. The maximum absolute atomic E-state index is 10.00. The van der Waals surface area contributed by atoms with E-state index in [-0.39, 0.29) is 0 Å². The van der Waals surface area contributed by atoms with Gasteiger partial charge in [-0.2, -0.15) is 5.26 Å². The Morgan fingerprint density at radius 1 is 0.186 bits per heavy atom. The number of thiophene rings is 4. The van der Waals surface area contributed by atoms with Gasteiger partial charge in [-0.1, -0.05) is 382 Å². The summed E-state index contributed by atoms with van der Waals surface area (Å²) in [5.74, 6) is 7.35. The zero-order valence-electron chi connectivity index (χ0n) is 74.1. The Kier molecular flexibility index (Phi) is 22.5. The molecule has 26 aromatic rings. The smallest absolute Gasteiger partial charge is 0.198 e. The molecular formula is C119H69N17S4. The summed E-state index contributed by atoms with van der Waals surface area (Å²) >= 11 is 6.70. The summed E-state index contributed by atoms with van der Waals surface area (Å²) in [6, 6.07) is 142. The molecule has 0 saturated heterocycles. The Balaban J connectivity index is 0.000000114. The van der Waals surface area contributed by atoms with Crippen LogP contribution >= 0.6 is 45.3 Å². The molecule has 0 aliphatic heterocycles. The molecule has 0 spiro atoms. The van der Waals surface area contributed by atoms with Crippen molar-refractivity contribution >= 4 is 132 Å². The van der Waals surface area contributed by atoms with Gasteiger partial charge in [-0.3, -0.25) is 0 Å². The van der Waals surface area contributed by atoms with Gasteiger partial charge in [-0.25, -0.2) is 79.6 Å². The molecule has 26 rings (SSSR count). The molecule has 17 nitrogen and oxygen atoms in total. The van der Waals surface area contributed by atoms with Crippen molar-refractivity contribution in [1.29, 1.82) is 5.26 Å². The third-order valence-corrected chi connectivity index (χ3v) is 29.1. The SMILES string of the molecule is N#Cc1ccccc1-c1nc(-c2ccccc2)nc2c1sc1c(-c3nc(-c4ccccc4)nc(-c4ccccc4)n3)cccc12.[C-]#[N+]c1ccccc1-c1nc(-c2ccccc2)c2sc3c(-c4nc(-c5ccccc5)nc(-c5ccccc5)n4)cccc3c2n1.c1ccc(-c2nc(-c3cccc4c3sc3ccccc34)nc(-c3cccc4c3sc3c(-c5ccccc5)nc(-c5ccccc5)nc34)n2)cc1. The Hall–Kier alpha value is -18.4. The van der Waals surface area contributed by atoms with Crippen LogP contribution in [0.4, 0.5) is 5.69 Å². The average molecular weight is 1870 g/mol. The van der Waals surface area contributed by atoms with Gasteiger partial charge in [0.25, 0.3) is 0 Å². The molecule has 0 radical (unpaired) electrons. The van der Waals surface area contributed by atoms with Gasteiger partial charge < -0.3 is 0 Å². The Labute approximate surface area is 817 Å². The van der Waals surface area contributed by atoms with Gasteiger partial charge in [-0.15, -0.1) is 45.3 Å². The van der Waals surface area contributed by atoms with E-state index in [9.17, 15) is 5.26 Å². The summed E-state index contributed by atoms with van der Waals surface area (Å²) in [5, 5.41) is 15.5. The fraction of sp³-hybridized carbons (Fsp3) is 0. The van der Waals surface area contributed by atoms with E-state index in [1.54, 1.807) is 51.4 Å². The zero-order valence-corrected chi connectivity index (χ0v) is 77.3. The number of benzene rings is 16. The lowest BCUT2D eigenvalue weighted by atomic mass is 10.0. The van der Waals surface area contributed by atoms with Crippen molar-refractivity contribution in [2.24, 2.45) is 0 Å². The van der Waals surface area contributed by atoms with Crippen LogP contribution in [0.3, 0.4) is 0 Å². The van der Waals surface area contributed by atoms with E-state index >= 15 is 0 Å². The van der Waals surface area contributed by atoms with Crippen LogP contribution in [0, 0.1) is 17.9 Å². The van der Waals surface area contributed by atoms with Crippen LogP contribution in [0.15, 0.2) is 419 Å². The van der Waals surface area contributed by atoms with Gasteiger partial charge in [0.15, 0.2) is 69.8 Å². The molecule has 0 atom stereocenters. The minimum Gasteiger partial charge on any atom is -0.237 e. The molecule has 0 aliphatic rings. The van der Waals surface area contributed by atoms with E-state index in [0.717, 1.165) is 156 Å². The van der Waals surface area contributed by atoms with Crippen LogP contribution < -0.4 is 0 Å². The molecule has 0 amide bonds. The van der Waals surface area contributed by atoms with Gasteiger partial charge in [0, 0.05) is 134 Å². The van der Waals surface area contributed by atoms with Crippen LogP contribution in [0.25, 0.3) is 256 Å². The molecule has 654 valence electrons. The summed E-state index contributed by atoms with van der Waals surface area (Å²) in [4.78, 5) is 79.7. The number of hydrogen-bond donors (Lipinski definition) is 0. The predicted octanol–water partition coefficient (Wildman–Crippen LogP) is 30.9. The number of para-hydroxylation sites is 1. The first-order chi connectivity index (χ1) is 69.3.